The van der Waals surface area contributed by atoms with E-state index >= 15 is 0 Å². The van der Waals surface area contributed by atoms with Crippen molar-refractivity contribution in [2.45, 2.75) is 56.9 Å². The molecule has 1 saturated carbocycles. The molecule has 156 valence electrons. The van der Waals surface area contributed by atoms with Crippen LogP contribution in [0.2, 0.25) is 0 Å². The molecule has 0 radical (unpaired) electrons. The van der Waals surface area contributed by atoms with E-state index < -0.39 is 0 Å². The predicted molar refractivity (Wildman–Crippen MR) is 119 cm³/mol. The fraction of sp³-hybridized carbons (Fsp3) is 0.600. The van der Waals surface area contributed by atoms with Gasteiger partial charge in [0.05, 0.1) is 16.8 Å². The largest absolute Gasteiger partial charge is 0.403 e. The molecule has 4 N–H and O–H groups in total. The molecule has 0 unspecified atom stereocenters. The van der Waals surface area contributed by atoms with Crippen LogP contribution in [0.15, 0.2) is 16.9 Å². The Hall–Kier alpha value is -2.26. The van der Waals surface area contributed by atoms with Gasteiger partial charge < -0.3 is 21.1 Å². The van der Waals surface area contributed by atoms with Gasteiger partial charge in [-0.1, -0.05) is 19.3 Å². The topological polar surface area (TPSA) is 110 Å². The van der Waals surface area contributed by atoms with E-state index in [0.29, 0.717) is 23.6 Å². The Morgan fingerprint density at radius 1 is 1.17 bits per heavy atom. The van der Waals surface area contributed by atoms with E-state index in [0.717, 1.165) is 47.8 Å². The third-order valence-electron chi connectivity index (χ3n) is 5.62. The maximum absolute atomic E-state index is 5.70. The van der Waals surface area contributed by atoms with Gasteiger partial charge >= 0.3 is 0 Å². The number of nitrogens with one attached hydrogen (secondary N) is 2. The first kappa shape index (κ1) is 20.0. The lowest BCUT2D eigenvalue weighted by atomic mass is 9.94. The zero-order valence-electron chi connectivity index (χ0n) is 16.9. The summed E-state index contributed by atoms with van der Waals surface area (Å²) >= 11 is 1.44. The number of anilines is 2. The molecule has 0 bridgehead atoms. The van der Waals surface area contributed by atoms with Crippen LogP contribution < -0.4 is 16.4 Å². The van der Waals surface area contributed by atoms with Crippen LogP contribution in [0, 0.1) is 0 Å². The first-order valence-corrected chi connectivity index (χ1v) is 11.2. The summed E-state index contributed by atoms with van der Waals surface area (Å²) in [7, 11) is 1.70. The van der Waals surface area contributed by atoms with Crippen LogP contribution in [-0.2, 0) is 4.74 Å². The van der Waals surface area contributed by atoms with Gasteiger partial charge in [-0.05, 0) is 37.2 Å². The molecule has 29 heavy (non-hydrogen) atoms. The second kappa shape index (κ2) is 9.49. The Kier molecular flexibility index (Phi) is 6.56. The molecule has 2 fully saturated rings. The van der Waals surface area contributed by atoms with Gasteiger partial charge in [0.15, 0.2) is 4.83 Å². The highest BCUT2D eigenvalue weighted by Gasteiger charge is 2.26. The van der Waals surface area contributed by atoms with Crippen molar-refractivity contribution in [3.8, 4) is 0 Å². The van der Waals surface area contributed by atoms with Crippen molar-refractivity contribution in [1.82, 2.24) is 14.3 Å². The van der Waals surface area contributed by atoms with E-state index in [1.807, 2.05) is 0 Å². The average molecular weight is 416 g/mol. The van der Waals surface area contributed by atoms with Crippen LogP contribution in [0.25, 0.3) is 10.2 Å². The van der Waals surface area contributed by atoms with Crippen molar-refractivity contribution < 1.29 is 4.74 Å². The average Bonchev–Trinajstić information content (AvgIpc) is 3.19. The molecule has 3 heterocycles. The Labute approximate surface area is 175 Å². The van der Waals surface area contributed by atoms with Crippen molar-refractivity contribution in [3.05, 3.63) is 17.6 Å². The Balaban J connectivity index is 1.71. The molecule has 0 amide bonds. The maximum atomic E-state index is 5.70. The monoisotopic (exact) mass is 415 g/mol. The third kappa shape index (κ3) is 4.67. The highest BCUT2D eigenvalue weighted by atomic mass is 32.1. The zero-order valence-corrected chi connectivity index (χ0v) is 17.7. The number of hydrogen-bond acceptors (Lipinski definition) is 9. The molecule has 2 aromatic heterocycles. The molecule has 8 nitrogen and oxygen atoms in total. The minimum Gasteiger partial charge on any atom is -0.403 e. The van der Waals surface area contributed by atoms with Crippen LogP contribution in [-0.4, -0.2) is 46.9 Å². The van der Waals surface area contributed by atoms with Crippen molar-refractivity contribution in [2.75, 3.05) is 30.9 Å². The summed E-state index contributed by atoms with van der Waals surface area (Å²) in [4.78, 5) is 14.5. The van der Waals surface area contributed by atoms with Crippen LogP contribution in [0.3, 0.4) is 0 Å². The second-order valence-corrected chi connectivity index (χ2v) is 8.40. The van der Waals surface area contributed by atoms with Crippen molar-refractivity contribution in [3.63, 3.8) is 0 Å². The van der Waals surface area contributed by atoms with Gasteiger partial charge in [-0.25, -0.2) is 0 Å². The molecule has 2 aromatic rings. The molecule has 4 rings (SSSR count). The molecular weight excluding hydrogens is 386 g/mol. The van der Waals surface area contributed by atoms with E-state index in [1.54, 1.807) is 13.3 Å². The molecular formula is C20H29N7OS. The number of fused-ring (bicyclic) bond motifs is 1. The number of aromatic nitrogens is 3. The van der Waals surface area contributed by atoms with Crippen LogP contribution in [0.1, 0.15) is 56.6 Å². The first-order chi connectivity index (χ1) is 14.3. The quantitative estimate of drug-likeness (QED) is 0.618. The Bertz CT molecular complexity index is 882. The summed E-state index contributed by atoms with van der Waals surface area (Å²) in [5.74, 6) is 1.79. The third-order valence-corrected chi connectivity index (χ3v) is 6.38. The minimum absolute atomic E-state index is 0.401. The van der Waals surface area contributed by atoms with Gasteiger partial charge in [0.2, 0.25) is 5.95 Å². The Morgan fingerprint density at radius 2 is 1.97 bits per heavy atom. The smallest absolute Gasteiger partial charge is 0.230 e. The Morgan fingerprint density at radius 3 is 2.69 bits per heavy atom. The summed E-state index contributed by atoms with van der Waals surface area (Å²) < 4.78 is 10.3. The summed E-state index contributed by atoms with van der Waals surface area (Å²) in [6.45, 7) is 1.58. The van der Waals surface area contributed by atoms with Crippen LogP contribution in [0.5, 0.6) is 0 Å². The van der Waals surface area contributed by atoms with Gasteiger partial charge in [-0.15, -0.1) is 0 Å². The van der Waals surface area contributed by atoms with Gasteiger partial charge in [-0.3, -0.25) is 4.99 Å². The van der Waals surface area contributed by atoms with Crippen molar-refractivity contribution >= 4 is 39.7 Å². The SMILES string of the molecule is CN=CC(=CN)Nc1nc(NC2CCCCC2)c2c(C3CCOCC3)nsc2n1. The van der Waals surface area contributed by atoms with Gasteiger partial charge in [-0.2, -0.15) is 14.3 Å². The fourth-order valence-corrected chi connectivity index (χ4v) is 4.96. The number of nitrogens with two attached hydrogens (primary N) is 1. The normalized spacial score (nSPS) is 19.8. The number of rotatable bonds is 6. The summed E-state index contributed by atoms with van der Waals surface area (Å²) in [5, 5.41) is 7.95. The molecule has 1 saturated heterocycles. The highest BCUT2D eigenvalue weighted by Crippen LogP contribution is 2.37. The first-order valence-electron chi connectivity index (χ1n) is 10.4. The van der Waals surface area contributed by atoms with Crippen LogP contribution in [0.4, 0.5) is 11.8 Å². The van der Waals surface area contributed by atoms with E-state index in [9.17, 15) is 0 Å². The number of hydrogen-bond donors (Lipinski definition) is 3. The highest BCUT2D eigenvalue weighted by molar-refractivity contribution is 7.13. The number of allylic oxidation sites excluding steroid dienone is 1. The summed E-state index contributed by atoms with van der Waals surface area (Å²) in [6, 6.07) is 0.443. The molecule has 0 atom stereocenters. The number of ether oxygens (including phenoxy) is 1. The number of aliphatic imine (C=N–C) groups is 1. The lowest BCUT2D eigenvalue weighted by molar-refractivity contribution is 0.0850. The molecule has 0 aromatic carbocycles. The lowest BCUT2D eigenvalue weighted by Crippen LogP contribution is -2.23. The van der Waals surface area contributed by atoms with E-state index in [2.05, 4.69) is 15.6 Å². The fourth-order valence-electron chi connectivity index (χ4n) is 4.11. The van der Waals surface area contributed by atoms with Gasteiger partial charge in [0.25, 0.3) is 0 Å². The van der Waals surface area contributed by atoms with Gasteiger partial charge in [0.1, 0.15) is 5.82 Å². The second-order valence-electron chi connectivity index (χ2n) is 7.64. The van der Waals surface area contributed by atoms with E-state index in [1.165, 1.54) is 49.8 Å². The molecule has 0 spiro atoms. The molecule has 1 aliphatic heterocycles. The summed E-state index contributed by atoms with van der Waals surface area (Å²) in [5.41, 5.74) is 7.47. The van der Waals surface area contributed by atoms with E-state index in [4.69, 9.17) is 24.8 Å². The molecule has 2 aliphatic rings. The molecule has 9 heteroatoms. The zero-order chi connectivity index (χ0) is 20.1. The standard InChI is InChI=1S/C20H29N7OS/c1-22-12-15(11-21)24-20-25-18(23-14-5-3-2-4-6-14)16-17(27-29-19(16)26-20)13-7-9-28-10-8-13/h11-14H,2-10,21H2,1H3,(H2,23,24,25,26). The van der Waals surface area contributed by atoms with E-state index in [-0.39, 0.29) is 0 Å². The summed E-state index contributed by atoms with van der Waals surface area (Å²) in [6.07, 6.45) is 11.3. The number of nitrogens with zero attached hydrogens (tertiary/aromatic N) is 4. The molecule has 1 aliphatic carbocycles. The lowest BCUT2D eigenvalue weighted by Gasteiger charge is -2.25. The van der Waals surface area contributed by atoms with Crippen LogP contribution >= 0.6 is 11.5 Å². The minimum atomic E-state index is 0.401. The van der Waals surface area contributed by atoms with Gasteiger partial charge in [0, 0.05) is 44.6 Å². The van der Waals surface area contributed by atoms with Crippen molar-refractivity contribution in [2.24, 2.45) is 10.7 Å². The maximum Gasteiger partial charge on any atom is 0.230 e. The van der Waals surface area contributed by atoms with Crippen molar-refractivity contribution in [1.29, 1.82) is 0 Å². The predicted octanol–water partition coefficient (Wildman–Crippen LogP) is 3.64.